The van der Waals surface area contributed by atoms with Crippen LogP contribution in [-0.4, -0.2) is 37.6 Å². The Morgan fingerprint density at radius 1 is 1.19 bits per heavy atom. The minimum atomic E-state index is -3.46. The first kappa shape index (κ1) is 17.9. The quantitative estimate of drug-likeness (QED) is 0.744. The lowest BCUT2D eigenvalue weighted by Gasteiger charge is -2.18. The molecule has 118 valence electrons. The van der Waals surface area contributed by atoms with Gasteiger partial charge in [-0.1, -0.05) is 13.8 Å². The van der Waals surface area contributed by atoms with Gasteiger partial charge < -0.3 is 5.32 Å². The van der Waals surface area contributed by atoms with Crippen molar-refractivity contribution >= 4 is 33.2 Å². The minimum Gasteiger partial charge on any atom is -0.326 e. The van der Waals surface area contributed by atoms with E-state index >= 15 is 0 Å². The smallest absolute Gasteiger partial charge is 0.243 e. The van der Waals surface area contributed by atoms with Gasteiger partial charge >= 0.3 is 0 Å². The van der Waals surface area contributed by atoms with Crippen LogP contribution in [0.1, 0.15) is 26.7 Å². The fourth-order valence-corrected chi connectivity index (χ4v) is 3.47. The molecule has 0 aromatic heterocycles. The van der Waals surface area contributed by atoms with Gasteiger partial charge in [0.25, 0.3) is 0 Å². The molecule has 0 aliphatic rings. The molecule has 0 saturated carbocycles. The number of carbonyl (C=O) groups is 1. The molecule has 0 bridgehead atoms. The van der Waals surface area contributed by atoms with E-state index in [4.69, 9.17) is 11.6 Å². The number of amides is 1. The number of carbonyl (C=O) groups excluding carboxylic acids is 1. The number of nitrogens with one attached hydrogen (secondary N) is 1. The predicted molar refractivity (Wildman–Crippen MR) is 85.1 cm³/mol. The van der Waals surface area contributed by atoms with Crippen molar-refractivity contribution in [3.8, 4) is 0 Å². The third-order valence-electron chi connectivity index (χ3n) is 3.02. The average Bonchev–Trinajstić information content (AvgIpc) is 2.46. The van der Waals surface area contributed by atoms with Gasteiger partial charge in [0.05, 0.1) is 4.90 Å². The number of alkyl halides is 1. The van der Waals surface area contributed by atoms with Crippen LogP contribution in [0.3, 0.4) is 0 Å². The lowest BCUT2D eigenvalue weighted by Crippen LogP contribution is -2.30. The standard InChI is InChI=1S/C14H21ClN2O3S/c1-3-17(4-2)21(19,20)13-9-7-12(8-10-13)16-14(18)6-5-11-15/h7-10H,3-6,11H2,1-2H3,(H,16,18). The zero-order valence-electron chi connectivity index (χ0n) is 12.3. The van der Waals surface area contributed by atoms with Gasteiger partial charge in [0.15, 0.2) is 0 Å². The number of nitrogens with zero attached hydrogens (tertiary/aromatic N) is 1. The maximum Gasteiger partial charge on any atom is 0.243 e. The van der Waals surface area contributed by atoms with Crippen molar-refractivity contribution < 1.29 is 13.2 Å². The van der Waals surface area contributed by atoms with Gasteiger partial charge in [-0.15, -0.1) is 11.6 Å². The van der Waals surface area contributed by atoms with Crippen LogP contribution in [0.5, 0.6) is 0 Å². The van der Waals surface area contributed by atoms with Gasteiger partial charge in [0.1, 0.15) is 0 Å². The fraction of sp³-hybridized carbons (Fsp3) is 0.500. The first-order chi connectivity index (χ1) is 9.95. The SMILES string of the molecule is CCN(CC)S(=O)(=O)c1ccc(NC(=O)CCCCl)cc1. The summed E-state index contributed by atoms with van der Waals surface area (Å²) in [5.41, 5.74) is 0.577. The number of hydrogen-bond acceptors (Lipinski definition) is 3. The van der Waals surface area contributed by atoms with Crippen LogP contribution in [0.2, 0.25) is 0 Å². The molecule has 1 aromatic carbocycles. The second-order valence-corrected chi connectivity index (χ2v) is 6.77. The molecular formula is C14H21ClN2O3S. The molecule has 5 nitrogen and oxygen atoms in total. The number of rotatable bonds is 8. The van der Waals surface area contributed by atoms with Crippen molar-refractivity contribution in [1.29, 1.82) is 0 Å². The Morgan fingerprint density at radius 3 is 2.24 bits per heavy atom. The maximum absolute atomic E-state index is 12.3. The summed E-state index contributed by atoms with van der Waals surface area (Å²) in [7, 11) is -3.46. The summed E-state index contributed by atoms with van der Waals surface area (Å²) in [5.74, 6) is 0.309. The molecule has 1 aromatic rings. The van der Waals surface area contributed by atoms with Crippen LogP contribution >= 0.6 is 11.6 Å². The van der Waals surface area contributed by atoms with Crippen molar-refractivity contribution in [2.45, 2.75) is 31.6 Å². The third kappa shape index (κ3) is 4.98. The highest BCUT2D eigenvalue weighted by molar-refractivity contribution is 7.89. The molecule has 0 spiro atoms. The first-order valence-corrected chi connectivity index (χ1v) is 8.89. The predicted octanol–water partition coefficient (Wildman–Crippen LogP) is 2.67. The second-order valence-electron chi connectivity index (χ2n) is 4.45. The highest BCUT2D eigenvalue weighted by atomic mass is 35.5. The topological polar surface area (TPSA) is 66.5 Å². The van der Waals surface area contributed by atoms with Gasteiger partial charge in [-0.3, -0.25) is 4.79 Å². The van der Waals surface area contributed by atoms with Crippen molar-refractivity contribution in [3.63, 3.8) is 0 Å². The molecule has 1 rings (SSSR count). The monoisotopic (exact) mass is 332 g/mol. The summed E-state index contributed by atoms with van der Waals surface area (Å²) in [6, 6.07) is 6.19. The summed E-state index contributed by atoms with van der Waals surface area (Å²) in [6.07, 6.45) is 0.963. The van der Waals surface area contributed by atoms with Crippen molar-refractivity contribution in [2.75, 3.05) is 24.3 Å². The summed E-state index contributed by atoms with van der Waals surface area (Å²) in [5, 5.41) is 2.71. The first-order valence-electron chi connectivity index (χ1n) is 6.91. The van der Waals surface area contributed by atoms with E-state index in [0.29, 0.717) is 37.5 Å². The van der Waals surface area contributed by atoms with Crippen molar-refractivity contribution in [3.05, 3.63) is 24.3 Å². The molecule has 0 saturated heterocycles. The van der Waals surface area contributed by atoms with Crippen molar-refractivity contribution in [1.82, 2.24) is 4.31 Å². The van der Waals surface area contributed by atoms with Crippen molar-refractivity contribution in [2.24, 2.45) is 0 Å². The second kappa shape index (κ2) is 8.36. The zero-order valence-corrected chi connectivity index (χ0v) is 13.9. The Labute approximate surface area is 131 Å². The molecule has 0 unspecified atom stereocenters. The Bertz CT molecular complexity index is 554. The molecule has 0 fully saturated rings. The lowest BCUT2D eigenvalue weighted by molar-refractivity contribution is -0.116. The van der Waals surface area contributed by atoms with Crippen LogP contribution in [0, 0.1) is 0 Å². The Morgan fingerprint density at radius 2 is 1.76 bits per heavy atom. The molecule has 21 heavy (non-hydrogen) atoms. The van der Waals surface area contributed by atoms with Gasteiger partial charge in [0.2, 0.25) is 15.9 Å². The average molecular weight is 333 g/mol. The largest absolute Gasteiger partial charge is 0.326 e. The van der Waals surface area contributed by atoms with E-state index in [9.17, 15) is 13.2 Å². The molecule has 0 aliphatic carbocycles. The van der Waals surface area contributed by atoms with E-state index in [0.717, 1.165) is 0 Å². The van der Waals surface area contributed by atoms with Gasteiger partial charge in [-0.05, 0) is 30.7 Å². The van der Waals surface area contributed by atoms with Crippen LogP contribution in [0.4, 0.5) is 5.69 Å². The molecular weight excluding hydrogens is 312 g/mol. The molecule has 1 N–H and O–H groups in total. The molecule has 7 heteroatoms. The third-order valence-corrected chi connectivity index (χ3v) is 5.35. The zero-order chi connectivity index (χ0) is 15.9. The lowest BCUT2D eigenvalue weighted by atomic mass is 10.3. The van der Waals surface area contributed by atoms with Gasteiger partial charge in [-0.25, -0.2) is 8.42 Å². The van der Waals surface area contributed by atoms with Crippen LogP contribution in [-0.2, 0) is 14.8 Å². The summed E-state index contributed by atoms with van der Waals surface area (Å²) in [4.78, 5) is 11.8. The normalized spacial score (nSPS) is 11.6. The summed E-state index contributed by atoms with van der Waals surface area (Å²) >= 11 is 5.53. The molecule has 0 heterocycles. The number of hydrogen-bond donors (Lipinski definition) is 1. The van der Waals surface area contributed by atoms with Crippen LogP contribution in [0.25, 0.3) is 0 Å². The number of halogens is 1. The van der Waals surface area contributed by atoms with Crippen LogP contribution in [0.15, 0.2) is 29.2 Å². The van der Waals surface area contributed by atoms with Gasteiger partial charge in [-0.2, -0.15) is 4.31 Å². The Hall–Kier alpha value is -1.11. The van der Waals surface area contributed by atoms with E-state index in [1.807, 2.05) is 0 Å². The molecule has 0 atom stereocenters. The van der Waals surface area contributed by atoms with E-state index in [2.05, 4.69) is 5.32 Å². The summed E-state index contributed by atoms with van der Waals surface area (Å²) < 4.78 is 26.0. The number of anilines is 1. The Kier molecular flexibility index (Phi) is 7.14. The minimum absolute atomic E-state index is 0.130. The fourth-order valence-electron chi connectivity index (χ4n) is 1.87. The summed E-state index contributed by atoms with van der Waals surface area (Å²) in [6.45, 7) is 4.45. The number of benzene rings is 1. The van der Waals surface area contributed by atoms with E-state index in [1.165, 1.54) is 16.4 Å². The molecule has 0 radical (unpaired) electrons. The molecule has 1 amide bonds. The Balaban J connectivity index is 2.80. The van der Waals surface area contributed by atoms with E-state index in [-0.39, 0.29) is 10.8 Å². The highest BCUT2D eigenvalue weighted by Crippen LogP contribution is 2.18. The molecule has 0 aliphatic heterocycles. The van der Waals surface area contributed by atoms with E-state index in [1.54, 1.807) is 26.0 Å². The van der Waals surface area contributed by atoms with Crippen LogP contribution < -0.4 is 5.32 Å². The van der Waals surface area contributed by atoms with E-state index < -0.39 is 10.0 Å². The maximum atomic E-state index is 12.3. The number of sulfonamides is 1. The highest BCUT2D eigenvalue weighted by Gasteiger charge is 2.21. The van der Waals surface area contributed by atoms with Gasteiger partial charge in [0, 0.05) is 31.1 Å².